The number of ether oxygens (including phenoxy) is 2. The van der Waals surface area contributed by atoms with E-state index in [0.717, 1.165) is 6.07 Å². The number of hydrogen-bond acceptors (Lipinski definition) is 13. The monoisotopic (exact) mass is 704 g/mol. The first-order chi connectivity index (χ1) is 23.0. The molecule has 4 aromatic rings. The average Bonchev–Trinajstić information content (AvgIpc) is 3.77. The van der Waals surface area contributed by atoms with Crippen LogP contribution in [0.25, 0.3) is 22.8 Å². The lowest BCUT2D eigenvalue weighted by Gasteiger charge is -2.05. The molecule has 0 spiro atoms. The predicted octanol–water partition coefficient (Wildman–Crippen LogP) is 4.01. The number of aromatic nitrogens is 4. The van der Waals surface area contributed by atoms with Crippen molar-refractivity contribution in [2.24, 2.45) is 5.73 Å². The van der Waals surface area contributed by atoms with E-state index in [1.807, 2.05) is 0 Å². The molecule has 2 aromatic carbocycles. The van der Waals surface area contributed by atoms with Gasteiger partial charge in [0.25, 0.3) is 5.91 Å². The third-order valence-corrected chi connectivity index (χ3v) is 5.51. The number of carboxylic acids is 1. The summed E-state index contributed by atoms with van der Waals surface area (Å²) in [7, 11) is 2.58. The molecule has 0 aliphatic rings. The molecule has 0 aliphatic heterocycles. The molecule has 15 nitrogen and oxygen atoms in total. The zero-order valence-corrected chi connectivity index (χ0v) is 25.3. The number of alkyl halides is 6. The number of methoxy groups -OCH3 is 2. The fourth-order valence-electron chi connectivity index (χ4n) is 3.20. The van der Waals surface area contributed by atoms with Crippen LogP contribution in [-0.4, -0.2) is 76.5 Å². The lowest BCUT2D eigenvalue weighted by Crippen LogP contribution is -2.26. The van der Waals surface area contributed by atoms with Crippen LogP contribution in [0.1, 0.15) is 45.3 Å². The van der Waals surface area contributed by atoms with Gasteiger partial charge in [-0.2, -0.15) is 36.3 Å². The van der Waals surface area contributed by atoms with Gasteiger partial charge in [0.2, 0.25) is 11.6 Å². The summed E-state index contributed by atoms with van der Waals surface area (Å²) in [5.41, 5.74) is 5.43. The molecular formula is C28H26F6N6O9. The standard InChI is InChI=1S/C14H12F3N3O4.C10H5F3N2O3.C4H9NO2/c1-23-10(21)5-6-18-12(22)9-4-2-3-8(7-9)11-19-13(24-20-11)14(15,16)17;11-10(12,13)9-14-7(15-18-9)5-2-1-3-6(4-5)8(16)17;1-7-4(6)2-3-5/h2-4,7H,5-6H2,1H3,(H,18,22);1-4H,(H,16,17);2-3,5H2,1H3. The topological polar surface area (TPSA) is 223 Å². The second kappa shape index (κ2) is 17.9. The fourth-order valence-corrected chi connectivity index (χ4v) is 3.20. The molecule has 0 bridgehead atoms. The Bertz CT molecular complexity index is 1720. The normalized spacial score (nSPS) is 10.9. The summed E-state index contributed by atoms with van der Waals surface area (Å²) in [6.45, 7) is 0.433. The molecule has 0 aliphatic carbocycles. The maximum absolute atomic E-state index is 12.5. The molecule has 4 rings (SSSR count). The Kier molecular flexibility index (Phi) is 14.4. The molecule has 264 valence electrons. The highest BCUT2D eigenvalue weighted by Crippen LogP contribution is 2.30. The number of halogens is 6. The van der Waals surface area contributed by atoms with Gasteiger partial charge in [-0.1, -0.05) is 34.6 Å². The highest BCUT2D eigenvalue weighted by molar-refractivity contribution is 5.95. The largest absolute Gasteiger partial charge is 0.478 e. The molecule has 2 aromatic heterocycles. The van der Waals surface area contributed by atoms with Gasteiger partial charge in [0.05, 0.1) is 32.6 Å². The maximum Gasteiger partial charge on any atom is 0.471 e. The molecule has 0 saturated heterocycles. The van der Waals surface area contributed by atoms with E-state index in [1.54, 1.807) is 0 Å². The van der Waals surface area contributed by atoms with Crippen molar-refractivity contribution >= 4 is 23.8 Å². The number of hydrogen-bond donors (Lipinski definition) is 3. The number of carbonyl (C=O) groups is 4. The van der Waals surface area contributed by atoms with Crippen LogP contribution in [0, 0.1) is 0 Å². The van der Waals surface area contributed by atoms with Gasteiger partial charge in [0.1, 0.15) is 0 Å². The Balaban J connectivity index is 0.000000293. The van der Waals surface area contributed by atoms with Crippen LogP contribution in [0.5, 0.6) is 0 Å². The van der Waals surface area contributed by atoms with E-state index in [2.05, 4.69) is 44.1 Å². The van der Waals surface area contributed by atoms with Crippen molar-refractivity contribution in [1.82, 2.24) is 25.6 Å². The van der Waals surface area contributed by atoms with E-state index in [9.17, 15) is 45.5 Å². The molecule has 0 fully saturated rings. The SMILES string of the molecule is COC(=O)CCN.COC(=O)CCNC(=O)c1cccc(-c2noc(C(F)(F)F)n2)c1.O=C(O)c1cccc(-c2noc(C(F)(F)F)n2)c1. The number of esters is 2. The van der Waals surface area contributed by atoms with Crippen molar-refractivity contribution in [3.63, 3.8) is 0 Å². The summed E-state index contributed by atoms with van der Waals surface area (Å²) in [6.07, 6.45) is -9.15. The second-order valence-electron chi connectivity index (χ2n) is 9.01. The average molecular weight is 705 g/mol. The van der Waals surface area contributed by atoms with Crippen molar-refractivity contribution in [2.45, 2.75) is 25.2 Å². The van der Waals surface area contributed by atoms with Gasteiger partial charge in [-0.3, -0.25) is 14.4 Å². The molecule has 2 heterocycles. The molecule has 4 N–H and O–H groups in total. The van der Waals surface area contributed by atoms with E-state index in [1.165, 1.54) is 56.7 Å². The minimum Gasteiger partial charge on any atom is -0.478 e. The summed E-state index contributed by atoms with van der Waals surface area (Å²) in [6, 6.07) is 10.9. The summed E-state index contributed by atoms with van der Waals surface area (Å²) < 4.78 is 91.0. The summed E-state index contributed by atoms with van der Waals surface area (Å²) in [5.74, 6) is -5.96. The van der Waals surface area contributed by atoms with Gasteiger partial charge in [0.15, 0.2) is 0 Å². The Morgan fingerprint density at radius 2 is 1.22 bits per heavy atom. The van der Waals surface area contributed by atoms with Crippen LogP contribution in [0.4, 0.5) is 26.3 Å². The number of aromatic carboxylic acids is 1. The first kappa shape index (κ1) is 39.3. The van der Waals surface area contributed by atoms with Gasteiger partial charge >= 0.3 is 42.0 Å². The molecule has 21 heteroatoms. The number of benzene rings is 2. The lowest BCUT2D eigenvalue weighted by molar-refractivity contribution is -0.160. The van der Waals surface area contributed by atoms with E-state index in [4.69, 9.17) is 10.8 Å². The van der Waals surface area contributed by atoms with Gasteiger partial charge in [-0.15, -0.1) is 0 Å². The Morgan fingerprint density at radius 1 is 0.776 bits per heavy atom. The van der Waals surface area contributed by atoms with Crippen LogP contribution < -0.4 is 11.1 Å². The first-order valence-corrected chi connectivity index (χ1v) is 13.4. The Morgan fingerprint density at radius 3 is 1.61 bits per heavy atom. The maximum atomic E-state index is 12.5. The molecule has 1 amide bonds. The van der Waals surface area contributed by atoms with Crippen LogP contribution in [0.15, 0.2) is 57.6 Å². The highest BCUT2D eigenvalue weighted by Gasteiger charge is 2.39. The van der Waals surface area contributed by atoms with E-state index in [0.29, 0.717) is 13.0 Å². The quantitative estimate of drug-likeness (QED) is 0.165. The summed E-state index contributed by atoms with van der Waals surface area (Å²) in [5, 5.41) is 17.6. The van der Waals surface area contributed by atoms with Gasteiger partial charge in [-0.25, -0.2) is 4.79 Å². The van der Waals surface area contributed by atoms with Crippen molar-refractivity contribution in [1.29, 1.82) is 0 Å². The molecule has 0 unspecified atom stereocenters. The summed E-state index contributed by atoms with van der Waals surface area (Å²) in [4.78, 5) is 50.1. The molecule has 0 radical (unpaired) electrons. The van der Waals surface area contributed by atoms with E-state index < -0.39 is 42.0 Å². The minimum absolute atomic E-state index is 0.00170. The first-order valence-electron chi connectivity index (χ1n) is 13.4. The summed E-state index contributed by atoms with van der Waals surface area (Å²) >= 11 is 0. The highest BCUT2D eigenvalue weighted by atomic mass is 19.4. The number of nitrogens with two attached hydrogens (primary N) is 1. The van der Waals surface area contributed by atoms with Crippen LogP contribution in [0.3, 0.4) is 0 Å². The molecule has 0 atom stereocenters. The van der Waals surface area contributed by atoms with Gasteiger partial charge in [0, 0.05) is 29.8 Å². The zero-order valence-electron chi connectivity index (χ0n) is 25.3. The second-order valence-corrected chi connectivity index (χ2v) is 9.01. The fraction of sp³-hybridized carbons (Fsp3) is 0.286. The third-order valence-electron chi connectivity index (χ3n) is 5.51. The minimum atomic E-state index is -4.74. The number of carboxylic acid groups (broad SMARTS) is 1. The smallest absolute Gasteiger partial charge is 0.471 e. The predicted molar refractivity (Wildman–Crippen MR) is 151 cm³/mol. The van der Waals surface area contributed by atoms with E-state index >= 15 is 0 Å². The number of nitrogens with zero attached hydrogens (tertiary/aromatic N) is 4. The van der Waals surface area contributed by atoms with Gasteiger partial charge in [-0.05, 0) is 24.3 Å². The van der Waals surface area contributed by atoms with Crippen LogP contribution >= 0.6 is 0 Å². The zero-order chi connectivity index (χ0) is 36.8. The number of amides is 1. The van der Waals surface area contributed by atoms with Crippen molar-refractivity contribution in [3.8, 4) is 22.8 Å². The van der Waals surface area contributed by atoms with E-state index in [-0.39, 0.29) is 52.8 Å². The van der Waals surface area contributed by atoms with Crippen LogP contribution in [0.2, 0.25) is 0 Å². The number of rotatable bonds is 9. The van der Waals surface area contributed by atoms with Crippen molar-refractivity contribution in [2.75, 3.05) is 27.3 Å². The van der Waals surface area contributed by atoms with Gasteiger partial charge < -0.3 is 34.7 Å². The van der Waals surface area contributed by atoms with Crippen LogP contribution in [-0.2, 0) is 31.4 Å². The Hall–Kier alpha value is -5.86. The molecule has 0 saturated carbocycles. The lowest BCUT2D eigenvalue weighted by atomic mass is 10.1. The van der Waals surface area contributed by atoms with Crippen molar-refractivity contribution in [3.05, 3.63) is 71.4 Å². The third kappa shape index (κ3) is 12.7. The Labute approximate surface area is 271 Å². The number of carbonyl (C=O) groups excluding carboxylic acids is 3. The van der Waals surface area contributed by atoms with Crippen molar-refractivity contribution < 1.29 is 69.1 Å². The molecular weight excluding hydrogens is 678 g/mol. The molecule has 49 heavy (non-hydrogen) atoms. The number of nitrogens with one attached hydrogen (secondary N) is 1.